The predicted octanol–water partition coefficient (Wildman–Crippen LogP) is 2.09. The first-order valence-corrected chi connectivity index (χ1v) is 12.8. The number of nitrogens with zero attached hydrogens (tertiary/aromatic N) is 6. The topological polar surface area (TPSA) is 153 Å². The van der Waals surface area contributed by atoms with Crippen molar-refractivity contribution in [3.63, 3.8) is 0 Å². The normalized spacial score (nSPS) is 12.1. The number of hydrogen-bond donors (Lipinski definition) is 2. The van der Waals surface area contributed by atoms with Gasteiger partial charge in [-0.05, 0) is 43.9 Å². The number of likely N-dealkylation sites (N-methyl/N-ethyl adjacent to an activating group) is 1. The van der Waals surface area contributed by atoms with E-state index in [1.807, 2.05) is 32.4 Å². The smallest absolute Gasteiger partial charge is 0.407 e. The van der Waals surface area contributed by atoms with Crippen LogP contribution in [0, 0.1) is 6.92 Å². The quantitative estimate of drug-likeness (QED) is 0.363. The van der Waals surface area contributed by atoms with Gasteiger partial charge in [0.1, 0.15) is 28.9 Å². The highest BCUT2D eigenvalue weighted by Crippen LogP contribution is 2.23. The number of amides is 3. The molecule has 0 aliphatic heterocycles. The number of alkyl carbamates (subject to hydrolysis) is 1. The molecular formula is C27H36N8O5. The molecule has 3 rings (SSSR count). The highest BCUT2D eigenvalue weighted by Gasteiger charge is 2.22. The van der Waals surface area contributed by atoms with Crippen LogP contribution in [0.1, 0.15) is 49.9 Å². The van der Waals surface area contributed by atoms with Gasteiger partial charge >= 0.3 is 6.09 Å². The van der Waals surface area contributed by atoms with Crippen LogP contribution in [0.5, 0.6) is 0 Å². The van der Waals surface area contributed by atoms with E-state index >= 15 is 0 Å². The Morgan fingerprint density at radius 3 is 2.55 bits per heavy atom. The SMILES string of the molecule is COC(=O)N[C@@H](CC/C=C/C(=O)N(C)C)C(=O)Nc1cccn(Cc2nc3c(C(C)C)nc(C)nc3n2C)c1=O. The molecule has 2 N–H and O–H groups in total. The summed E-state index contributed by atoms with van der Waals surface area (Å²) in [7, 11) is 6.28. The number of hydrogen-bond acceptors (Lipinski definition) is 8. The van der Waals surface area contributed by atoms with Crippen molar-refractivity contribution in [2.45, 2.75) is 52.1 Å². The lowest BCUT2D eigenvalue weighted by Crippen LogP contribution is -2.44. The molecule has 0 bridgehead atoms. The number of carbonyl (C=O) groups is 3. The summed E-state index contributed by atoms with van der Waals surface area (Å²) in [4.78, 5) is 65.2. The largest absolute Gasteiger partial charge is 0.453 e. The van der Waals surface area contributed by atoms with Gasteiger partial charge in [0.2, 0.25) is 11.8 Å². The van der Waals surface area contributed by atoms with E-state index in [9.17, 15) is 19.2 Å². The van der Waals surface area contributed by atoms with E-state index in [-0.39, 0.29) is 30.5 Å². The molecule has 214 valence electrons. The summed E-state index contributed by atoms with van der Waals surface area (Å²) in [5.74, 6) is 0.593. The van der Waals surface area contributed by atoms with Crippen LogP contribution in [0.2, 0.25) is 0 Å². The number of allylic oxidation sites excluding steroid dienone is 1. The van der Waals surface area contributed by atoms with Gasteiger partial charge in [0.25, 0.3) is 5.56 Å². The highest BCUT2D eigenvalue weighted by atomic mass is 16.5. The maximum Gasteiger partial charge on any atom is 0.407 e. The third-order valence-corrected chi connectivity index (χ3v) is 6.20. The average Bonchev–Trinajstić information content (AvgIpc) is 3.21. The van der Waals surface area contributed by atoms with Crippen molar-refractivity contribution in [1.82, 2.24) is 34.3 Å². The van der Waals surface area contributed by atoms with E-state index in [0.717, 1.165) is 5.69 Å². The predicted molar refractivity (Wildman–Crippen MR) is 150 cm³/mol. The summed E-state index contributed by atoms with van der Waals surface area (Å²) < 4.78 is 7.91. The van der Waals surface area contributed by atoms with Gasteiger partial charge < -0.3 is 29.4 Å². The number of aromatic nitrogens is 5. The molecule has 13 nitrogen and oxygen atoms in total. The zero-order chi connectivity index (χ0) is 29.6. The third kappa shape index (κ3) is 7.10. The van der Waals surface area contributed by atoms with Crippen LogP contribution in [0.4, 0.5) is 10.5 Å². The average molecular weight is 553 g/mol. The first-order chi connectivity index (χ1) is 18.9. The van der Waals surface area contributed by atoms with E-state index < -0.39 is 23.6 Å². The Bertz CT molecular complexity index is 1490. The van der Waals surface area contributed by atoms with Gasteiger partial charge in [-0.1, -0.05) is 19.9 Å². The summed E-state index contributed by atoms with van der Waals surface area (Å²) in [5.41, 5.74) is 1.81. The molecule has 3 aromatic rings. The molecule has 0 saturated carbocycles. The molecule has 0 radical (unpaired) electrons. The molecule has 0 fully saturated rings. The summed E-state index contributed by atoms with van der Waals surface area (Å²) in [6.45, 7) is 6.04. The lowest BCUT2D eigenvalue weighted by Gasteiger charge is -2.17. The first kappa shape index (κ1) is 30.0. The van der Waals surface area contributed by atoms with Crippen LogP contribution in [0.25, 0.3) is 11.2 Å². The zero-order valence-electron chi connectivity index (χ0n) is 23.9. The lowest BCUT2D eigenvalue weighted by molar-refractivity contribution is -0.123. The van der Waals surface area contributed by atoms with Crippen LogP contribution in [-0.2, 0) is 27.9 Å². The molecule has 3 heterocycles. The van der Waals surface area contributed by atoms with Crippen LogP contribution in [-0.4, -0.2) is 74.1 Å². The number of pyridine rings is 1. The fourth-order valence-electron chi connectivity index (χ4n) is 3.98. The number of nitrogens with one attached hydrogen (secondary N) is 2. The molecule has 1 atom stereocenters. The standard InChI is InChI=1S/C27H36N8O5/c1-16(2)22-23-24(29-17(3)28-22)34(6)20(32-23)15-35-14-10-12-19(26(35)38)30-25(37)18(31-27(39)40-7)11-8-9-13-21(36)33(4)5/h9-10,12-14,16,18H,8,11,15H2,1-7H3,(H,30,37)(H,31,39)/b13-9+/t18-/m0/s1. The fraction of sp³-hybridized carbons (Fsp3) is 0.444. The fourth-order valence-corrected chi connectivity index (χ4v) is 3.98. The first-order valence-electron chi connectivity index (χ1n) is 12.8. The molecule has 0 aliphatic carbocycles. The second-order valence-corrected chi connectivity index (χ2v) is 9.82. The Morgan fingerprint density at radius 1 is 1.18 bits per heavy atom. The van der Waals surface area contributed by atoms with Crippen molar-refractivity contribution >= 4 is 34.8 Å². The summed E-state index contributed by atoms with van der Waals surface area (Å²) in [5, 5.41) is 5.09. The monoisotopic (exact) mass is 552 g/mol. The number of imidazole rings is 1. The number of anilines is 1. The van der Waals surface area contributed by atoms with E-state index in [1.165, 1.54) is 28.7 Å². The van der Waals surface area contributed by atoms with E-state index in [2.05, 4.69) is 25.3 Å². The van der Waals surface area contributed by atoms with Crippen molar-refractivity contribution < 1.29 is 19.1 Å². The van der Waals surface area contributed by atoms with Gasteiger partial charge in [0.15, 0.2) is 5.65 Å². The molecule has 0 aliphatic rings. The number of fused-ring (bicyclic) bond motifs is 1. The molecule has 0 saturated heterocycles. The Morgan fingerprint density at radius 2 is 1.90 bits per heavy atom. The van der Waals surface area contributed by atoms with E-state index in [0.29, 0.717) is 29.2 Å². The Kier molecular flexibility index (Phi) is 9.75. The molecule has 0 spiro atoms. The van der Waals surface area contributed by atoms with Crippen molar-refractivity contribution in [3.05, 3.63) is 58.2 Å². The summed E-state index contributed by atoms with van der Waals surface area (Å²) in [6.07, 6.45) is 4.32. The molecule has 3 amide bonds. The Labute approximate surface area is 232 Å². The minimum absolute atomic E-state index is 0.0414. The van der Waals surface area contributed by atoms with Gasteiger partial charge in [-0.25, -0.2) is 19.7 Å². The second-order valence-electron chi connectivity index (χ2n) is 9.82. The summed E-state index contributed by atoms with van der Waals surface area (Å²) >= 11 is 0. The molecule has 3 aromatic heterocycles. The highest BCUT2D eigenvalue weighted by molar-refractivity contribution is 5.96. The van der Waals surface area contributed by atoms with Crippen molar-refractivity contribution in [2.75, 3.05) is 26.5 Å². The van der Waals surface area contributed by atoms with Gasteiger partial charge in [-0.3, -0.25) is 14.4 Å². The van der Waals surface area contributed by atoms with Gasteiger partial charge in [0.05, 0.1) is 19.3 Å². The minimum atomic E-state index is -1.00. The molecule has 40 heavy (non-hydrogen) atoms. The van der Waals surface area contributed by atoms with Crippen LogP contribution in [0.3, 0.4) is 0 Å². The van der Waals surface area contributed by atoms with Crippen molar-refractivity contribution in [3.8, 4) is 0 Å². The molecular weight excluding hydrogens is 516 g/mol. The second kappa shape index (κ2) is 13.0. The zero-order valence-corrected chi connectivity index (χ0v) is 23.9. The van der Waals surface area contributed by atoms with Crippen molar-refractivity contribution in [2.24, 2.45) is 7.05 Å². The van der Waals surface area contributed by atoms with Gasteiger partial charge in [0, 0.05) is 27.3 Å². The maximum absolute atomic E-state index is 13.3. The van der Waals surface area contributed by atoms with Crippen molar-refractivity contribution in [1.29, 1.82) is 0 Å². The van der Waals surface area contributed by atoms with Crippen LogP contribution >= 0.6 is 0 Å². The maximum atomic E-state index is 13.3. The number of carbonyl (C=O) groups excluding carboxylic acids is 3. The minimum Gasteiger partial charge on any atom is -0.453 e. The number of rotatable bonds is 10. The van der Waals surface area contributed by atoms with E-state index in [1.54, 1.807) is 32.4 Å². The Hall–Kier alpha value is -4.55. The number of aryl methyl sites for hydroxylation is 2. The molecule has 13 heteroatoms. The number of methoxy groups -OCH3 is 1. The van der Waals surface area contributed by atoms with Gasteiger partial charge in [-0.15, -0.1) is 0 Å². The third-order valence-electron chi connectivity index (χ3n) is 6.20. The lowest BCUT2D eigenvalue weighted by atomic mass is 10.1. The van der Waals surface area contributed by atoms with Gasteiger partial charge in [-0.2, -0.15) is 0 Å². The van der Waals surface area contributed by atoms with Crippen LogP contribution in [0.15, 0.2) is 35.3 Å². The molecule has 0 aromatic carbocycles. The Balaban J connectivity index is 1.82. The van der Waals surface area contributed by atoms with Crippen LogP contribution < -0.4 is 16.2 Å². The summed E-state index contributed by atoms with van der Waals surface area (Å²) in [6, 6.07) is 2.12. The molecule has 0 unspecified atom stereocenters. The van der Waals surface area contributed by atoms with E-state index in [4.69, 9.17) is 4.98 Å². The number of ether oxygens (including phenoxy) is 1.